The molecule has 102 valence electrons. The summed E-state index contributed by atoms with van der Waals surface area (Å²) >= 11 is 0. The molecule has 3 rings (SSSR count). The van der Waals surface area contributed by atoms with E-state index < -0.39 is 16.4 Å². The van der Waals surface area contributed by atoms with Gasteiger partial charge in [-0.05, 0) is 25.3 Å². The molecule has 0 aromatic carbocycles. The van der Waals surface area contributed by atoms with E-state index in [0.29, 0.717) is 18.9 Å². The molecule has 2 amide bonds. The molecule has 2 N–H and O–H groups in total. The molecule has 3 fully saturated rings. The minimum atomic E-state index is -4.65. The van der Waals surface area contributed by atoms with Crippen molar-refractivity contribution in [3.8, 4) is 0 Å². The van der Waals surface area contributed by atoms with Crippen LogP contribution in [-0.4, -0.2) is 60.7 Å². The van der Waals surface area contributed by atoms with Crippen molar-refractivity contribution in [3.63, 3.8) is 0 Å². The first-order chi connectivity index (χ1) is 8.46. The number of hydrogen-bond donors (Lipinski definition) is 2. The van der Waals surface area contributed by atoms with Gasteiger partial charge in [-0.2, -0.15) is 13.5 Å². The van der Waals surface area contributed by atoms with Crippen molar-refractivity contribution in [2.24, 2.45) is 5.92 Å². The van der Waals surface area contributed by atoms with Crippen molar-refractivity contribution in [1.82, 2.24) is 15.3 Å². The quantitative estimate of drug-likeness (QED) is 0.642. The third-order valence-corrected chi connectivity index (χ3v) is 4.26. The highest BCUT2D eigenvalue weighted by molar-refractivity contribution is 7.80. The smallest absolute Gasteiger partial charge is 0.316 e. The van der Waals surface area contributed by atoms with Gasteiger partial charge in [0.15, 0.2) is 0 Å². The Kier molecular flexibility index (Phi) is 2.73. The van der Waals surface area contributed by atoms with Gasteiger partial charge in [0.05, 0.1) is 6.04 Å². The summed E-state index contributed by atoms with van der Waals surface area (Å²) < 4.78 is 34.6. The molecule has 0 saturated carbocycles. The van der Waals surface area contributed by atoms with Crippen molar-refractivity contribution < 1.29 is 22.0 Å². The van der Waals surface area contributed by atoms with Crippen LogP contribution in [0.25, 0.3) is 0 Å². The van der Waals surface area contributed by atoms with Gasteiger partial charge in [-0.15, -0.1) is 4.28 Å². The van der Waals surface area contributed by atoms with Crippen LogP contribution in [0.1, 0.15) is 12.8 Å². The molecule has 3 aliphatic heterocycles. The van der Waals surface area contributed by atoms with Crippen molar-refractivity contribution in [2.75, 3.05) is 19.6 Å². The Bertz CT molecular complexity index is 467. The standard InChI is InChI=1S/C9H15N3O5S/c13-9-11-5-7(12(9)17-18(14,15)16)3-6-1-2-10-4-8(6)11/h6-8,10H,1-5H2,(H,14,15,16)/t6-,7-,8-/m1/s1. The first-order valence-corrected chi connectivity index (χ1v) is 7.30. The van der Waals surface area contributed by atoms with E-state index in [1.807, 2.05) is 0 Å². The fraction of sp³-hybridized carbons (Fsp3) is 0.889. The largest absolute Gasteiger partial charge is 0.418 e. The Labute approximate surface area is 105 Å². The van der Waals surface area contributed by atoms with E-state index in [0.717, 1.165) is 24.6 Å². The third-order valence-electron chi connectivity index (χ3n) is 3.91. The van der Waals surface area contributed by atoms with Crippen LogP contribution in [-0.2, 0) is 14.7 Å². The van der Waals surface area contributed by atoms with E-state index in [9.17, 15) is 13.2 Å². The predicted octanol–water partition coefficient (Wildman–Crippen LogP) is -0.791. The van der Waals surface area contributed by atoms with Crippen LogP contribution in [0.5, 0.6) is 0 Å². The van der Waals surface area contributed by atoms with Gasteiger partial charge in [-0.25, -0.2) is 4.79 Å². The number of amides is 2. The second kappa shape index (κ2) is 4.05. The van der Waals surface area contributed by atoms with Crippen LogP contribution < -0.4 is 5.32 Å². The van der Waals surface area contributed by atoms with E-state index in [1.54, 1.807) is 4.90 Å². The fourth-order valence-electron chi connectivity index (χ4n) is 3.19. The molecule has 3 atom stereocenters. The summed E-state index contributed by atoms with van der Waals surface area (Å²) in [5, 5.41) is 4.03. The van der Waals surface area contributed by atoms with E-state index >= 15 is 0 Å². The minimum absolute atomic E-state index is 0.0949. The minimum Gasteiger partial charge on any atom is -0.316 e. The van der Waals surface area contributed by atoms with Crippen LogP contribution in [0.2, 0.25) is 0 Å². The van der Waals surface area contributed by atoms with Gasteiger partial charge in [0.2, 0.25) is 0 Å². The van der Waals surface area contributed by atoms with Crippen LogP contribution in [0.4, 0.5) is 4.79 Å². The summed E-state index contributed by atoms with van der Waals surface area (Å²) in [7, 11) is -4.65. The normalized spacial score (nSPS) is 35.8. The zero-order valence-corrected chi connectivity index (χ0v) is 10.5. The predicted molar refractivity (Wildman–Crippen MR) is 59.7 cm³/mol. The molecule has 3 saturated heterocycles. The molecular formula is C9H15N3O5S. The lowest BCUT2D eigenvalue weighted by molar-refractivity contribution is -0.0359. The lowest BCUT2D eigenvalue weighted by Gasteiger charge is -2.40. The summed E-state index contributed by atoms with van der Waals surface area (Å²) in [5.74, 6) is 0.365. The number of nitrogens with one attached hydrogen (secondary N) is 1. The molecule has 0 spiro atoms. The maximum Gasteiger partial charge on any atom is 0.418 e. The number of hydroxylamine groups is 2. The molecule has 8 nitrogen and oxygen atoms in total. The van der Waals surface area contributed by atoms with Gasteiger partial charge in [-0.1, -0.05) is 0 Å². The maximum absolute atomic E-state index is 12.0. The van der Waals surface area contributed by atoms with Gasteiger partial charge < -0.3 is 10.2 Å². The monoisotopic (exact) mass is 277 g/mol. The Hall–Kier alpha value is -0.900. The molecule has 0 radical (unpaired) electrons. The highest BCUT2D eigenvalue weighted by atomic mass is 32.3. The number of nitrogens with zero attached hydrogens (tertiary/aromatic N) is 2. The molecule has 9 heteroatoms. The topological polar surface area (TPSA) is 99.2 Å². The van der Waals surface area contributed by atoms with Gasteiger partial charge >= 0.3 is 16.4 Å². The maximum atomic E-state index is 12.0. The number of urea groups is 1. The van der Waals surface area contributed by atoms with Crippen molar-refractivity contribution >= 4 is 16.4 Å². The van der Waals surface area contributed by atoms with Gasteiger partial charge in [-0.3, -0.25) is 4.55 Å². The molecule has 18 heavy (non-hydrogen) atoms. The fourth-order valence-corrected chi connectivity index (χ4v) is 3.58. The highest BCUT2D eigenvalue weighted by Crippen LogP contribution is 2.36. The van der Waals surface area contributed by atoms with Crippen LogP contribution >= 0.6 is 0 Å². The van der Waals surface area contributed by atoms with Gasteiger partial charge in [0, 0.05) is 19.1 Å². The molecule has 0 unspecified atom stereocenters. The molecule has 3 aliphatic rings. The van der Waals surface area contributed by atoms with E-state index in [2.05, 4.69) is 9.60 Å². The van der Waals surface area contributed by atoms with E-state index in [-0.39, 0.29) is 12.1 Å². The van der Waals surface area contributed by atoms with Crippen LogP contribution in [0.15, 0.2) is 0 Å². The number of carbonyl (C=O) groups excluding carboxylic acids is 1. The second-order valence-electron chi connectivity index (χ2n) is 4.97. The number of fused-ring (bicyclic) bond motifs is 4. The lowest BCUT2D eigenvalue weighted by atomic mass is 9.83. The first-order valence-electron chi connectivity index (χ1n) is 5.93. The number of carbonyl (C=O) groups is 1. The first kappa shape index (κ1) is 12.2. The van der Waals surface area contributed by atoms with Crippen LogP contribution in [0.3, 0.4) is 0 Å². The Morgan fingerprint density at radius 2 is 2.22 bits per heavy atom. The van der Waals surface area contributed by atoms with Gasteiger partial charge in [0.1, 0.15) is 0 Å². The number of hydrogen-bond acceptors (Lipinski definition) is 5. The molecular weight excluding hydrogens is 262 g/mol. The van der Waals surface area contributed by atoms with Crippen molar-refractivity contribution in [1.29, 1.82) is 0 Å². The van der Waals surface area contributed by atoms with E-state index in [4.69, 9.17) is 4.55 Å². The molecule has 2 bridgehead atoms. The SMILES string of the molecule is O=C1N2C[C@@H](C[C@H]3CCNC[C@H]32)N1OS(=O)(=O)O. The molecule has 0 aromatic heterocycles. The average Bonchev–Trinajstić information content (AvgIpc) is 2.54. The molecule has 0 aromatic rings. The van der Waals surface area contributed by atoms with Crippen molar-refractivity contribution in [3.05, 3.63) is 0 Å². The lowest BCUT2D eigenvalue weighted by Crippen LogP contribution is -2.54. The Morgan fingerprint density at radius 1 is 1.44 bits per heavy atom. The highest BCUT2D eigenvalue weighted by Gasteiger charge is 2.51. The summed E-state index contributed by atoms with van der Waals surface area (Å²) in [5.41, 5.74) is 0. The third kappa shape index (κ3) is 1.96. The summed E-state index contributed by atoms with van der Waals surface area (Å²) in [6.45, 7) is 2.09. The number of piperidine rings is 2. The molecule has 3 heterocycles. The van der Waals surface area contributed by atoms with Gasteiger partial charge in [0.25, 0.3) is 0 Å². The summed E-state index contributed by atoms with van der Waals surface area (Å²) in [6.07, 6.45) is 1.68. The summed E-state index contributed by atoms with van der Waals surface area (Å²) in [6, 6.07) is -0.676. The Morgan fingerprint density at radius 3 is 2.94 bits per heavy atom. The average molecular weight is 277 g/mol. The Balaban J connectivity index is 1.83. The molecule has 0 aliphatic carbocycles. The zero-order chi connectivity index (χ0) is 12.9. The van der Waals surface area contributed by atoms with Crippen LogP contribution in [0, 0.1) is 5.92 Å². The second-order valence-corrected chi connectivity index (χ2v) is 5.98. The zero-order valence-electron chi connectivity index (χ0n) is 9.65. The van der Waals surface area contributed by atoms with E-state index in [1.165, 1.54) is 0 Å². The number of rotatable bonds is 2. The summed E-state index contributed by atoms with van der Waals surface area (Å²) in [4.78, 5) is 13.7. The van der Waals surface area contributed by atoms with Crippen molar-refractivity contribution in [2.45, 2.75) is 24.9 Å².